The highest BCUT2D eigenvalue weighted by molar-refractivity contribution is 6.29. The number of amides is 1. The summed E-state index contributed by atoms with van der Waals surface area (Å²) in [5.41, 5.74) is 5.45. The third-order valence-electron chi connectivity index (χ3n) is 1.93. The fraction of sp³-hybridized carbons (Fsp3) is 0.250. The number of carbonyl (C=O) groups excluding carboxylic acids is 2. The van der Waals surface area contributed by atoms with Crippen molar-refractivity contribution in [2.45, 2.75) is 6.42 Å². The lowest BCUT2D eigenvalue weighted by molar-refractivity contribution is -0.121. The fourth-order valence-electron chi connectivity index (χ4n) is 1.31. The molecule has 2 N–H and O–H groups in total. The number of ketones is 1. The number of anilines is 2. The minimum atomic E-state index is -0.332. The molecule has 1 saturated heterocycles. The van der Waals surface area contributed by atoms with Crippen LogP contribution in [-0.4, -0.2) is 28.2 Å². The molecule has 1 fully saturated rings. The number of carbonyl (C=O) groups is 2. The number of hydrogen-bond donors (Lipinski definition) is 1. The molecule has 6 nitrogen and oxygen atoms in total. The van der Waals surface area contributed by atoms with Crippen LogP contribution >= 0.6 is 11.6 Å². The number of aromatic nitrogens is 2. The molecule has 2 rings (SSSR count). The second-order valence-electron chi connectivity index (χ2n) is 3.11. The third kappa shape index (κ3) is 1.89. The van der Waals surface area contributed by atoms with Gasteiger partial charge in [-0.3, -0.25) is 14.5 Å². The smallest absolute Gasteiger partial charge is 0.237 e. The summed E-state index contributed by atoms with van der Waals surface area (Å²) in [6.07, 6.45) is -0.115. The topological polar surface area (TPSA) is 89.2 Å². The minimum Gasteiger partial charge on any atom is -0.383 e. The summed E-state index contributed by atoms with van der Waals surface area (Å²) in [5, 5.41) is 0.143. The molecule has 0 bridgehead atoms. The normalized spacial score (nSPS) is 16.2. The van der Waals surface area contributed by atoms with Gasteiger partial charge in [0.2, 0.25) is 11.9 Å². The van der Waals surface area contributed by atoms with E-state index < -0.39 is 0 Å². The van der Waals surface area contributed by atoms with Gasteiger partial charge in [-0.05, 0) is 0 Å². The van der Waals surface area contributed by atoms with E-state index in [0.29, 0.717) is 0 Å². The lowest BCUT2D eigenvalue weighted by Gasteiger charge is -2.12. The standard InChI is InChI=1S/C8H7ClN4O2/c9-5-2-6(10)12-8(11-5)13-3-4(14)1-7(13)15/h2H,1,3H2,(H2,10,11,12). The van der Waals surface area contributed by atoms with E-state index in [1.807, 2.05) is 0 Å². The lowest BCUT2D eigenvalue weighted by atomic mass is 10.3. The van der Waals surface area contributed by atoms with E-state index in [4.69, 9.17) is 17.3 Å². The molecule has 0 radical (unpaired) electrons. The minimum absolute atomic E-state index is 0.0153. The van der Waals surface area contributed by atoms with Gasteiger partial charge < -0.3 is 5.73 Å². The molecule has 0 aliphatic carbocycles. The van der Waals surface area contributed by atoms with Gasteiger partial charge >= 0.3 is 0 Å². The SMILES string of the molecule is Nc1cc(Cl)nc(N2CC(=O)CC2=O)n1. The Labute approximate surface area is 90.1 Å². The summed E-state index contributed by atoms with van der Waals surface area (Å²) in [6.45, 7) is -0.0153. The second kappa shape index (κ2) is 3.47. The molecule has 0 unspecified atom stereocenters. The molecule has 1 aromatic rings. The Morgan fingerprint density at radius 2 is 2.13 bits per heavy atom. The van der Waals surface area contributed by atoms with Crippen LogP contribution in [0, 0.1) is 0 Å². The summed E-state index contributed by atoms with van der Waals surface area (Å²) < 4.78 is 0. The Morgan fingerprint density at radius 3 is 2.67 bits per heavy atom. The molecule has 1 aromatic heterocycles. The van der Waals surface area contributed by atoms with Crippen molar-refractivity contribution in [3.8, 4) is 0 Å². The molecule has 2 heterocycles. The summed E-state index contributed by atoms with van der Waals surface area (Å²) in [5.74, 6) is -0.253. The van der Waals surface area contributed by atoms with E-state index >= 15 is 0 Å². The van der Waals surface area contributed by atoms with Crippen molar-refractivity contribution in [1.82, 2.24) is 9.97 Å². The highest BCUT2D eigenvalue weighted by Gasteiger charge is 2.30. The van der Waals surface area contributed by atoms with Crippen molar-refractivity contribution in [3.05, 3.63) is 11.2 Å². The van der Waals surface area contributed by atoms with Crippen molar-refractivity contribution in [3.63, 3.8) is 0 Å². The zero-order chi connectivity index (χ0) is 11.0. The quantitative estimate of drug-likeness (QED) is 0.539. The van der Waals surface area contributed by atoms with E-state index in [9.17, 15) is 9.59 Å². The van der Waals surface area contributed by atoms with Gasteiger partial charge in [0.05, 0.1) is 13.0 Å². The Kier molecular flexibility index (Phi) is 2.28. The van der Waals surface area contributed by atoms with Crippen LogP contribution in [0.3, 0.4) is 0 Å². The predicted molar refractivity (Wildman–Crippen MR) is 53.4 cm³/mol. The van der Waals surface area contributed by atoms with E-state index in [0.717, 1.165) is 0 Å². The van der Waals surface area contributed by atoms with Crippen molar-refractivity contribution < 1.29 is 9.59 Å². The average Bonchev–Trinajstić information content (AvgIpc) is 2.43. The van der Waals surface area contributed by atoms with Crippen LogP contribution in [0.2, 0.25) is 5.15 Å². The van der Waals surface area contributed by atoms with Gasteiger partial charge in [-0.25, -0.2) is 4.98 Å². The molecule has 15 heavy (non-hydrogen) atoms. The first-order valence-corrected chi connectivity index (χ1v) is 4.56. The Bertz CT molecular complexity index is 428. The number of nitrogens with two attached hydrogens (primary N) is 1. The maximum atomic E-state index is 11.3. The van der Waals surface area contributed by atoms with Gasteiger partial charge in [0.15, 0.2) is 5.78 Å². The highest BCUT2D eigenvalue weighted by Crippen LogP contribution is 2.19. The highest BCUT2D eigenvalue weighted by atomic mass is 35.5. The summed E-state index contributed by atoms with van der Waals surface area (Å²) in [6, 6.07) is 1.37. The zero-order valence-electron chi connectivity index (χ0n) is 7.61. The zero-order valence-corrected chi connectivity index (χ0v) is 8.36. The number of Topliss-reactive ketones (excluding diaryl/α,β-unsaturated/α-hetero) is 1. The van der Waals surface area contributed by atoms with Gasteiger partial charge in [-0.15, -0.1) is 0 Å². The van der Waals surface area contributed by atoms with Crippen LogP contribution in [0.25, 0.3) is 0 Å². The molecule has 7 heteroatoms. The maximum Gasteiger partial charge on any atom is 0.237 e. The molecule has 78 valence electrons. The van der Waals surface area contributed by atoms with E-state index in [1.54, 1.807) is 0 Å². The van der Waals surface area contributed by atoms with E-state index in [-0.39, 0.29) is 41.6 Å². The van der Waals surface area contributed by atoms with Gasteiger partial charge in [0.1, 0.15) is 11.0 Å². The first-order chi connectivity index (χ1) is 7.06. The van der Waals surface area contributed by atoms with Gasteiger partial charge in [0.25, 0.3) is 0 Å². The van der Waals surface area contributed by atoms with Gasteiger partial charge in [0, 0.05) is 6.07 Å². The third-order valence-corrected chi connectivity index (χ3v) is 2.12. The molecular weight excluding hydrogens is 220 g/mol. The monoisotopic (exact) mass is 226 g/mol. The number of halogens is 1. The molecule has 0 atom stereocenters. The number of nitrogens with zero attached hydrogens (tertiary/aromatic N) is 3. The average molecular weight is 227 g/mol. The first kappa shape index (κ1) is 9.85. The number of rotatable bonds is 1. The van der Waals surface area contributed by atoms with Crippen LogP contribution in [0.5, 0.6) is 0 Å². The fourth-order valence-corrected chi connectivity index (χ4v) is 1.50. The summed E-state index contributed by atoms with van der Waals surface area (Å²) >= 11 is 5.66. The maximum absolute atomic E-state index is 11.3. The van der Waals surface area contributed by atoms with Gasteiger partial charge in [-0.1, -0.05) is 11.6 Å². The summed E-state index contributed by atoms with van der Waals surface area (Å²) in [4.78, 5) is 31.2. The molecule has 0 saturated carbocycles. The van der Waals surface area contributed by atoms with E-state index in [2.05, 4.69) is 9.97 Å². The summed E-state index contributed by atoms with van der Waals surface area (Å²) in [7, 11) is 0. The molecule has 1 aliphatic rings. The Balaban J connectivity index is 2.37. The molecule has 1 aliphatic heterocycles. The molecule has 0 aromatic carbocycles. The van der Waals surface area contributed by atoms with Crippen LogP contribution in [0.1, 0.15) is 6.42 Å². The van der Waals surface area contributed by atoms with Crippen LogP contribution in [-0.2, 0) is 9.59 Å². The van der Waals surface area contributed by atoms with E-state index in [1.165, 1.54) is 11.0 Å². The van der Waals surface area contributed by atoms with Crippen molar-refractivity contribution in [2.75, 3.05) is 17.2 Å². The largest absolute Gasteiger partial charge is 0.383 e. The predicted octanol–water partition coefficient (Wildman–Crippen LogP) is 0.0180. The van der Waals surface area contributed by atoms with Crippen molar-refractivity contribution in [1.29, 1.82) is 0 Å². The molecular formula is C8H7ClN4O2. The Morgan fingerprint density at radius 1 is 1.40 bits per heavy atom. The lowest BCUT2D eigenvalue weighted by Crippen LogP contribution is -2.26. The van der Waals surface area contributed by atoms with Crippen molar-refractivity contribution in [2.24, 2.45) is 0 Å². The first-order valence-electron chi connectivity index (χ1n) is 4.18. The number of nitrogen functional groups attached to an aromatic ring is 1. The van der Waals surface area contributed by atoms with Crippen LogP contribution in [0.15, 0.2) is 6.07 Å². The molecule has 1 amide bonds. The number of hydrogen-bond acceptors (Lipinski definition) is 5. The van der Waals surface area contributed by atoms with Crippen molar-refractivity contribution >= 4 is 35.1 Å². The van der Waals surface area contributed by atoms with Crippen LogP contribution < -0.4 is 10.6 Å². The second-order valence-corrected chi connectivity index (χ2v) is 3.50. The van der Waals surface area contributed by atoms with Gasteiger partial charge in [-0.2, -0.15) is 4.98 Å². The molecule has 0 spiro atoms. The Hall–Kier alpha value is -1.69. The van der Waals surface area contributed by atoms with Crippen LogP contribution in [0.4, 0.5) is 11.8 Å².